The lowest BCUT2D eigenvalue weighted by Crippen LogP contribution is -2.58. The van der Waals surface area contributed by atoms with Gasteiger partial charge in [0.2, 0.25) is 17.7 Å². The number of aromatic nitrogens is 2. The fraction of sp³-hybridized carbons (Fsp3) is 0.619. The summed E-state index contributed by atoms with van der Waals surface area (Å²) in [6.07, 6.45) is 4.21. The Morgan fingerprint density at radius 3 is 2.34 bits per heavy atom. The quantitative estimate of drug-likeness (QED) is 0.0756. The number of carbonyl (C=O) groups excluding carboxylic acids is 3. The van der Waals surface area contributed by atoms with Crippen molar-refractivity contribution in [3.8, 4) is 0 Å². The molecule has 5 atom stereocenters. The first-order valence-corrected chi connectivity index (χ1v) is 11.4. The minimum Gasteiger partial charge on any atom is -0.480 e. The zero-order valence-electron chi connectivity index (χ0n) is 20.3. The van der Waals surface area contributed by atoms with Crippen LogP contribution in [-0.4, -0.2) is 75.4 Å². The van der Waals surface area contributed by atoms with Gasteiger partial charge in [0.25, 0.3) is 0 Å². The molecule has 14 nitrogen and oxygen atoms in total. The third-order valence-electron chi connectivity index (χ3n) is 5.44. The molecule has 1 aromatic heterocycles. The number of hydrogen-bond donors (Lipinski definition) is 8. The summed E-state index contributed by atoms with van der Waals surface area (Å²) in [6, 6.07) is -4.08. The second-order valence-corrected chi connectivity index (χ2v) is 8.34. The lowest BCUT2D eigenvalue weighted by molar-refractivity contribution is -0.142. The lowest BCUT2D eigenvalue weighted by Gasteiger charge is -2.27. The molecule has 0 spiro atoms. The first-order valence-electron chi connectivity index (χ1n) is 11.4. The van der Waals surface area contributed by atoms with E-state index in [1.807, 2.05) is 6.92 Å². The van der Waals surface area contributed by atoms with Crippen LogP contribution in [0.5, 0.6) is 0 Å². The normalized spacial score (nSPS) is 15.1. The summed E-state index contributed by atoms with van der Waals surface area (Å²) in [5.74, 6) is -3.32. The van der Waals surface area contributed by atoms with E-state index >= 15 is 0 Å². The number of nitrogens with one attached hydrogen (secondary N) is 4. The molecule has 35 heavy (non-hydrogen) atoms. The van der Waals surface area contributed by atoms with Gasteiger partial charge in [0, 0.05) is 24.9 Å². The Labute approximate surface area is 203 Å². The van der Waals surface area contributed by atoms with E-state index < -0.39 is 47.9 Å². The van der Waals surface area contributed by atoms with E-state index in [9.17, 15) is 24.3 Å². The number of H-pyrrole nitrogens is 1. The number of aliphatic carboxylic acids is 1. The highest BCUT2D eigenvalue weighted by Gasteiger charge is 2.31. The fourth-order valence-electron chi connectivity index (χ4n) is 3.09. The van der Waals surface area contributed by atoms with Gasteiger partial charge in [-0.15, -0.1) is 0 Å². The monoisotopic (exact) mass is 495 g/mol. The number of carbonyl (C=O) groups is 4. The minimum absolute atomic E-state index is 0.00559. The van der Waals surface area contributed by atoms with Gasteiger partial charge in [0.15, 0.2) is 5.96 Å². The number of aromatic amines is 1. The number of hydrogen-bond acceptors (Lipinski definition) is 7. The molecule has 0 fully saturated rings. The molecule has 0 aliphatic heterocycles. The number of rotatable bonds is 15. The smallest absolute Gasteiger partial charge is 0.326 e. The predicted octanol–water partition coefficient (Wildman–Crippen LogP) is -2.06. The highest BCUT2D eigenvalue weighted by atomic mass is 16.4. The Morgan fingerprint density at radius 1 is 1.11 bits per heavy atom. The molecular formula is C21H37N9O5. The van der Waals surface area contributed by atoms with Gasteiger partial charge >= 0.3 is 5.97 Å². The second-order valence-electron chi connectivity index (χ2n) is 8.34. The Balaban J connectivity index is 2.72. The summed E-state index contributed by atoms with van der Waals surface area (Å²) < 4.78 is 0. The van der Waals surface area contributed by atoms with Crippen molar-refractivity contribution in [3.63, 3.8) is 0 Å². The van der Waals surface area contributed by atoms with Crippen LogP contribution in [0.4, 0.5) is 0 Å². The Bertz CT molecular complexity index is 871. The topological polar surface area (TPSA) is 244 Å². The van der Waals surface area contributed by atoms with E-state index in [2.05, 4.69) is 30.9 Å². The molecule has 0 aliphatic rings. The summed E-state index contributed by atoms with van der Waals surface area (Å²) in [5, 5.41) is 17.0. The largest absolute Gasteiger partial charge is 0.480 e. The maximum absolute atomic E-state index is 12.9. The standard InChI is InChI=1S/C21H37N9O5/c1-4-11(2)16(30-18(32)14(22)6-5-7-26-21(23)24)19(33)28-12(3)17(31)29-15(20(34)35)8-13-9-25-10-27-13/h9-12,14-16H,4-8,22H2,1-3H3,(H,25,27)(H,28,33)(H,29,31)(H,30,32)(H,34,35)(H4,23,24,26). The highest BCUT2D eigenvalue weighted by Crippen LogP contribution is 2.10. The molecule has 14 heteroatoms. The van der Waals surface area contributed by atoms with E-state index in [0.717, 1.165) is 0 Å². The van der Waals surface area contributed by atoms with Crippen molar-refractivity contribution in [2.75, 3.05) is 6.54 Å². The number of aliphatic imine (C=N–C) groups is 1. The van der Waals surface area contributed by atoms with Crippen LogP contribution in [0.1, 0.15) is 45.7 Å². The number of nitrogens with zero attached hydrogens (tertiary/aromatic N) is 2. The number of carboxylic acid groups (broad SMARTS) is 1. The van der Waals surface area contributed by atoms with E-state index in [4.69, 9.17) is 17.2 Å². The Kier molecular flexibility index (Phi) is 12.2. The van der Waals surface area contributed by atoms with Crippen LogP contribution in [0.3, 0.4) is 0 Å². The number of imidazole rings is 1. The zero-order valence-corrected chi connectivity index (χ0v) is 20.3. The van der Waals surface area contributed by atoms with Crippen molar-refractivity contribution in [1.29, 1.82) is 0 Å². The fourth-order valence-corrected chi connectivity index (χ4v) is 3.09. The summed E-state index contributed by atoms with van der Waals surface area (Å²) in [4.78, 5) is 60.0. The average Bonchev–Trinajstić information content (AvgIpc) is 3.31. The highest BCUT2D eigenvalue weighted by molar-refractivity contribution is 5.94. The average molecular weight is 496 g/mol. The molecular weight excluding hydrogens is 458 g/mol. The lowest BCUT2D eigenvalue weighted by atomic mass is 9.97. The molecule has 5 unspecified atom stereocenters. The van der Waals surface area contributed by atoms with Gasteiger partial charge < -0.3 is 43.2 Å². The van der Waals surface area contributed by atoms with Gasteiger partial charge in [-0.05, 0) is 25.7 Å². The molecule has 1 rings (SSSR count). The minimum atomic E-state index is -1.23. The zero-order chi connectivity index (χ0) is 26.5. The van der Waals surface area contributed by atoms with Gasteiger partial charge in [-0.25, -0.2) is 9.78 Å². The van der Waals surface area contributed by atoms with Crippen molar-refractivity contribution < 1.29 is 24.3 Å². The second kappa shape index (κ2) is 14.6. The van der Waals surface area contributed by atoms with Crippen LogP contribution < -0.4 is 33.2 Å². The molecule has 196 valence electrons. The molecule has 0 aliphatic carbocycles. The Morgan fingerprint density at radius 2 is 1.80 bits per heavy atom. The van der Waals surface area contributed by atoms with E-state index in [0.29, 0.717) is 31.5 Å². The van der Waals surface area contributed by atoms with Gasteiger partial charge in [0.1, 0.15) is 18.1 Å². The summed E-state index contributed by atoms with van der Waals surface area (Å²) in [5.41, 5.74) is 17.0. The summed E-state index contributed by atoms with van der Waals surface area (Å²) in [7, 11) is 0. The molecule has 1 heterocycles. The number of guanidine groups is 1. The molecule has 0 radical (unpaired) electrons. The third-order valence-corrected chi connectivity index (χ3v) is 5.44. The van der Waals surface area contributed by atoms with Crippen LogP contribution in [-0.2, 0) is 25.6 Å². The predicted molar refractivity (Wildman–Crippen MR) is 129 cm³/mol. The van der Waals surface area contributed by atoms with E-state index in [1.54, 1.807) is 6.92 Å². The van der Waals surface area contributed by atoms with Crippen LogP contribution >= 0.6 is 0 Å². The van der Waals surface area contributed by atoms with Gasteiger partial charge in [-0.2, -0.15) is 0 Å². The third kappa shape index (κ3) is 10.4. The maximum Gasteiger partial charge on any atom is 0.326 e. The molecule has 3 amide bonds. The molecule has 0 bridgehead atoms. The maximum atomic E-state index is 12.9. The number of amides is 3. The summed E-state index contributed by atoms with van der Waals surface area (Å²) in [6.45, 7) is 5.38. The van der Waals surface area contributed by atoms with Gasteiger partial charge in [-0.3, -0.25) is 19.4 Å². The van der Waals surface area contributed by atoms with Crippen LogP contribution in [0.25, 0.3) is 0 Å². The van der Waals surface area contributed by atoms with Gasteiger partial charge in [0.05, 0.1) is 12.4 Å². The summed E-state index contributed by atoms with van der Waals surface area (Å²) >= 11 is 0. The first-order chi connectivity index (χ1) is 16.5. The molecule has 0 saturated heterocycles. The molecule has 1 aromatic rings. The van der Waals surface area contributed by atoms with Crippen LogP contribution in [0, 0.1) is 5.92 Å². The van der Waals surface area contributed by atoms with Crippen molar-refractivity contribution in [1.82, 2.24) is 25.9 Å². The van der Waals surface area contributed by atoms with Crippen molar-refractivity contribution in [2.45, 2.75) is 70.6 Å². The van der Waals surface area contributed by atoms with Crippen LogP contribution in [0.2, 0.25) is 0 Å². The molecule has 11 N–H and O–H groups in total. The molecule has 0 saturated carbocycles. The molecule has 0 aromatic carbocycles. The SMILES string of the molecule is CCC(C)C(NC(=O)C(N)CCCN=C(N)N)C(=O)NC(C)C(=O)NC(Cc1cnc[nH]1)C(=O)O. The van der Waals surface area contributed by atoms with Crippen molar-refractivity contribution in [3.05, 3.63) is 18.2 Å². The van der Waals surface area contributed by atoms with E-state index in [1.165, 1.54) is 19.4 Å². The van der Waals surface area contributed by atoms with Crippen molar-refractivity contribution >= 4 is 29.7 Å². The first kappa shape index (κ1) is 29.4. The van der Waals surface area contributed by atoms with Crippen LogP contribution in [0.15, 0.2) is 17.5 Å². The number of carboxylic acids is 1. The van der Waals surface area contributed by atoms with E-state index in [-0.39, 0.29) is 18.3 Å². The van der Waals surface area contributed by atoms with Gasteiger partial charge in [-0.1, -0.05) is 20.3 Å². The van der Waals surface area contributed by atoms with Crippen molar-refractivity contribution in [2.24, 2.45) is 28.1 Å². The number of nitrogens with two attached hydrogens (primary N) is 3. The Hall–Kier alpha value is -3.68.